The van der Waals surface area contributed by atoms with Crippen molar-refractivity contribution in [3.8, 4) is 11.4 Å². The van der Waals surface area contributed by atoms with Crippen molar-refractivity contribution in [3.63, 3.8) is 0 Å². The zero-order chi connectivity index (χ0) is 25.6. The fourth-order valence-corrected chi connectivity index (χ4v) is 3.33. The minimum Gasteiger partial charge on any atom is -0.496 e. The number of para-hydroxylation sites is 1. The van der Waals surface area contributed by atoms with Gasteiger partial charge in [-0.15, -0.1) is 0 Å². The summed E-state index contributed by atoms with van der Waals surface area (Å²) in [5, 5.41) is 8.96. The maximum Gasteiger partial charge on any atom is 0.435 e. The first-order valence-corrected chi connectivity index (χ1v) is 10.8. The van der Waals surface area contributed by atoms with Gasteiger partial charge in [0.1, 0.15) is 11.4 Å². The number of aromatic nitrogens is 2. The van der Waals surface area contributed by atoms with E-state index in [1.54, 1.807) is 55.5 Å². The van der Waals surface area contributed by atoms with Crippen LogP contribution in [0.3, 0.4) is 0 Å². The first-order chi connectivity index (χ1) is 16.6. The number of ether oxygens (including phenoxy) is 1. The lowest BCUT2D eigenvalue weighted by atomic mass is 10.1. The van der Waals surface area contributed by atoms with E-state index in [1.165, 1.54) is 7.11 Å². The molecule has 0 radical (unpaired) electrons. The maximum absolute atomic E-state index is 13.4. The highest BCUT2D eigenvalue weighted by atomic mass is 19.4. The lowest BCUT2D eigenvalue weighted by Gasteiger charge is -2.12. The van der Waals surface area contributed by atoms with Crippen LogP contribution in [0.5, 0.6) is 5.75 Å². The maximum atomic E-state index is 13.4. The molecule has 186 valence electrons. The minimum absolute atomic E-state index is 0.0503. The van der Waals surface area contributed by atoms with Gasteiger partial charge in [-0.1, -0.05) is 30.3 Å². The number of alkyl halides is 3. The van der Waals surface area contributed by atoms with Crippen molar-refractivity contribution in [2.75, 3.05) is 13.7 Å². The third-order valence-corrected chi connectivity index (χ3v) is 5.15. The fraction of sp³-hybridized carbons (Fsp3) is 0.292. The van der Waals surface area contributed by atoms with Gasteiger partial charge in [0.2, 0.25) is 5.91 Å². The van der Waals surface area contributed by atoms with Gasteiger partial charge < -0.3 is 21.1 Å². The predicted molar refractivity (Wildman–Crippen MR) is 123 cm³/mol. The van der Waals surface area contributed by atoms with E-state index in [9.17, 15) is 22.8 Å². The van der Waals surface area contributed by atoms with Crippen molar-refractivity contribution >= 4 is 11.8 Å². The van der Waals surface area contributed by atoms with E-state index in [2.05, 4.69) is 15.7 Å². The van der Waals surface area contributed by atoms with E-state index < -0.39 is 23.8 Å². The lowest BCUT2D eigenvalue weighted by Crippen LogP contribution is -2.39. The number of nitrogens with two attached hydrogens (primary N) is 1. The summed E-state index contributed by atoms with van der Waals surface area (Å²) in [4.78, 5) is 24.5. The van der Waals surface area contributed by atoms with Crippen LogP contribution in [-0.4, -0.2) is 41.3 Å². The average Bonchev–Trinajstić information content (AvgIpc) is 3.29. The summed E-state index contributed by atoms with van der Waals surface area (Å²) in [6.45, 7) is 1.91. The van der Waals surface area contributed by atoms with E-state index in [4.69, 9.17) is 10.5 Å². The molecule has 35 heavy (non-hydrogen) atoms. The Morgan fingerprint density at radius 2 is 1.86 bits per heavy atom. The molecule has 0 aliphatic heterocycles. The van der Waals surface area contributed by atoms with Crippen molar-refractivity contribution in [2.45, 2.75) is 32.1 Å². The number of methoxy groups -OCH3 is 1. The zero-order valence-electron chi connectivity index (χ0n) is 19.2. The molecule has 0 saturated heterocycles. The molecule has 1 heterocycles. The summed E-state index contributed by atoms with van der Waals surface area (Å²) < 4.78 is 46.5. The van der Waals surface area contributed by atoms with Gasteiger partial charge in [-0.3, -0.25) is 9.59 Å². The van der Waals surface area contributed by atoms with Gasteiger partial charge in [-0.2, -0.15) is 18.3 Å². The molecule has 0 spiro atoms. The molecule has 2 aromatic carbocycles. The van der Waals surface area contributed by atoms with E-state index in [0.29, 0.717) is 30.3 Å². The Morgan fingerprint density at radius 1 is 1.11 bits per heavy atom. The predicted octanol–water partition coefficient (Wildman–Crippen LogP) is 2.84. The van der Waals surface area contributed by atoms with Crippen LogP contribution < -0.4 is 21.1 Å². The Morgan fingerprint density at radius 3 is 2.54 bits per heavy atom. The number of nitrogens with zero attached hydrogens (tertiary/aromatic N) is 2. The standard InChI is InChI=1S/C24H26F3N5O3/c1-15(28)22(33)29-11-10-16-6-5-8-18(12-16)32-19(13-21(31-32)24(25,26)27)23(34)30-14-17-7-3-4-9-20(17)35-2/h3-9,12-13,15H,10-11,14,28H2,1-2H3,(H,29,33)(H,30,34)/t15-/m0/s1. The number of halogens is 3. The Bertz CT molecular complexity index is 1190. The molecular weight excluding hydrogens is 463 g/mol. The molecule has 0 aliphatic carbocycles. The Hall–Kier alpha value is -3.86. The molecule has 11 heteroatoms. The third kappa shape index (κ3) is 6.60. The summed E-state index contributed by atoms with van der Waals surface area (Å²) in [6, 6.07) is 13.6. The SMILES string of the molecule is COc1ccccc1CNC(=O)c1cc(C(F)(F)F)nn1-c1cccc(CCNC(=O)[C@H](C)N)c1. The quantitative estimate of drug-likeness (QED) is 0.428. The summed E-state index contributed by atoms with van der Waals surface area (Å²) in [5.74, 6) is -0.494. The summed E-state index contributed by atoms with van der Waals surface area (Å²) >= 11 is 0. The van der Waals surface area contributed by atoms with E-state index in [1.807, 2.05) is 0 Å². The summed E-state index contributed by atoms with van der Waals surface area (Å²) in [6.07, 6.45) is -4.32. The minimum atomic E-state index is -4.73. The first kappa shape index (κ1) is 25.8. The molecular formula is C24H26F3N5O3. The molecule has 4 N–H and O–H groups in total. The van der Waals surface area contributed by atoms with E-state index in [0.717, 1.165) is 10.2 Å². The Labute approximate surface area is 200 Å². The first-order valence-electron chi connectivity index (χ1n) is 10.8. The molecule has 0 saturated carbocycles. The molecule has 0 aliphatic rings. The highest BCUT2D eigenvalue weighted by Gasteiger charge is 2.36. The van der Waals surface area contributed by atoms with Crippen LogP contribution in [-0.2, 0) is 23.9 Å². The van der Waals surface area contributed by atoms with Gasteiger partial charge in [-0.05, 0) is 37.1 Å². The smallest absolute Gasteiger partial charge is 0.435 e. The Kier molecular flexibility index (Phi) is 8.13. The second-order valence-corrected chi connectivity index (χ2v) is 7.82. The van der Waals surface area contributed by atoms with Gasteiger partial charge in [0.25, 0.3) is 5.91 Å². The molecule has 0 bridgehead atoms. The largest absolute Gasteiger partial charge is 0.496 e. The zero-order valence-corrected chi connectivity index (χ0v) is 19.2. The highest BCUT2D eigenvalue weighted by molar-refractivity contribution is 5.93. The highest BCUT2D eigenvalue weighted by Crippen LogP contribution is 2.30. The fourth-order valence-electron chi connectivity index (χ4n) is 3.33. The Balaban J connectivity index is 1.85. The third-order valence-electron chi connectivity index (χ3n) is 5.15. The number of benzene rings is 2. The number of carbonyl (C=O) groups excluding carboxylic acids is 2. The lowest BCUT2D eigenvalue weighted by molar-refractivity contribution is -0.141. The second-order valence-electron chi connectivity index (χ2n) is 7.82. The number of amides is 2. The number of rotatable bonds is 9. The van der Waals surface area contributed by atoms with Crippen LogP contribution in [0.1, 0.15) is 34.2 Å². The molecule has 2 amide bonds. The van der Waals surface area contributed by atoms with Crippen molar-refractivity contribution in [2.24, 2.45) is 5.73 Å². The van der Waals surface area contributed by atoms with Crippen LogP contribution in [0, 0.1) is 0 Å². The number of carbonyl (C=O) groups is 2. The second kappa shape index (κ2) is 11.0. The van der Waals surface area contributed by atoms with E-state index >= 15 is 0 Å². The number of nitrogens with one attached hydrogen (secondary N) is 2. The van der Waals surface area contributed by atoms with Gasteiger partial charge in [0, 0.05) is 24.7 Å². The van der Waals surface area contributed by atoms with Gasteiger partial charge in [-0.25, -0.2) is 4.68 Å². The summed E-state index contributed by atoms with van der Waals surface area (Å²) in [7, 11) is 1.49. The molecule has 3 rings (SSSR count). The molecule has 8 nitrogen and oxygen atoms in total. The average molecular weight is 489 g/mol. The monoisotopic (exact) mass is 489 g/mol. The topological polar surface area (TPSA) is 111 Å². The van der Waals surface area contributed by atoms with Crippen LogP contribution in [0.2, 0.25) is 0 Å². The van der Waals surface area contributed by atoms with Gasteiger partial charge in [0.15, 0.2) is 5.69 Å². The molecule has 0 unspecified atom stereocenters. The molecule has 0 fully saturated rings. The van der Waals surface area contributed by atoms with Crippen molar-refractivity contribution in [1.82, 2.24) is 20.4 Å². The molecule has 3 aromatic rings. The van der Waals surface area contributed by atoms with Crippen molar-refractivity contribution in [1.29, 1.82) is 0 Å². The van der Waals surface area contributed by atoms with Gasteiger partial charge >= 0.3 is 6.18 Å². The van der Waals surface area contributed by atoms with Crippen LogP contribution in [0.4, 0.5) is 13.2 Å². The van der Waals surface area contributed by atoms with Crippen LogP contribution in [0.25, 0.3) is 5.69 Å². The number of hydrogen-bond donors (Lipinski definition) is 3. The van der Waals surface area contributed by atoms with Gasteiger partial charge in [0.05, 0.1) is 18.8 Å². The molecule has 1 atom stereocenters. The summed E-state index contributed by atoms with van der Waals surface area (Å²) in [5.41, 5.74) is 5.74. The van der Waals surface area contributed by atoms with Crippen LogP contribution in [0.15, 0.2) is 54.6 Å². The van der Waals surface area contributed by atoms with E-state index in [-0.39, 0.29) is 23.8 Å². The molecule has 1 aromatic heterocycles. The van der Waals surface area contributed by atoms with Crippen molar-refractivity contribution in [3.05, 3.63) is 77.1 Å². The van der Waals surface area contributed by atoms with Crippen LogP contribution >= 0.6 is 0 Å². The van der Waals surface area contributed by atoms with Crippen molar-refractivity contribution < 1.29 is 27.5 Å². The number of hydrogen-bond acceptors (Lipinski definition) is 5. The normalized spacial score (nSPS) is 12.2.